The third kappa shape index (κ3) is 8.82. The van der Waals surface area contributed by atoms with E-state index in [9.17, 15) is 4.79 Å². The van der Waals surface area contributed by atoms with Crippen LogP contribution in [-0.4, -0.2) is 27.9 Å². The molecule has 3 N–H and O–H groups in total. The number of hydrogen-bond acceptors (Lipinski definition) is 4. The van der Waals surface area contributed by atoms with Gasteiger partial charge in [-0.1, -0.05) is 73.2 Å². The summed E-state index contributed by atoms with van der Waals surface area (Å²) < 4.78 is 15.0. The molecule has 0 spiro atoms. The lowest BCUT2D eigenvalue weighted by atomic mass is 9.97. The fourth-order valence-corrected chi connectivity index (χ4v) is 4.01. The zero-order valence-electron chi connectivity index (χ0n) is 18.3. The van der Waals surface area contributed by atoms with Crippen molar-refractivity contribution in [2.75, 3.05) is 5.32 Å². The normalized spacial score (nSPS) is 15.2. The lowest BCUT2D eigenvalue weighted by Crippen LogP contribution is -2.36. The molecule has 0 saturated heterocycles. The molecule has 0 aliphatic heterocycles. The van der Waals surface area contributed by atoms with E-state index in [0.717, 1.165) is 47.7 Å². The van der Waals surface area contributed by atoms with Crippen LogP contribution in [0.2, 0.25) is 0 Å². The number of ether oxygens (including phenoxy) is 1. The quantitative estimate of drug-likeness (QED) is 0.288. The van der Waals surface area contributed by atoms with Gasteiger partial charge in [-0.2, -0.15) is 0 Å². The highest BCUT2D eigenvalue weighted by Gasteiger charge is 2.25. The Bertz CT molecular complexity index is 1070. The van der Waals surface area contributed by atoms with Crippen LogP contribution in [0.1, 0.15) is 37.7 Å². The molecular formula is C25H29ClNO5P. The smallest absolute Gasteiger partial charge is 0.419 e. The highest BCUT2D eigenvalue weighted by Crippen LogP contribution is 2.39. The zero-order valence-corrected chi connectivity index (χ0v) is 19.9. The number of halogens is 1. The van der Waals surface area contributed by atoms with Crippen LogP contribution >= 0.6 is 18.2 Å². The molecule has 8 heteroatoms. The fraction of sp³-hybridized carbons (Fsp3) is 0.320. The molecule has 0 unspecified atom stereocenters. The van der Waals surface area contributed by atoms with Crippen LogP contribution in [0.4, 0.5) is 5.69 Å². The molecular weight excluding hydrogens is 461 g/mol. The number of esters is 1. The number of hydrogen-bond donors (Lipinski definition) is 3. The van der Waals surface area contributed by atoms with E-state index in [1.165, 1.54) is 6.42 Å². The van der Waals surface area contributed by atoms with E-state index in [1.807, 2.05) is 42.5 Å². The van der Waals surface area contributed by atoms with Gasteiger partial charge in [-0.3, -0.25) is 0 Å². The molecule has 6 nitrogen and oxygen atoms in total. The van der Waals surface area contributed by atoms with Crippen molar-refractivity contribution in [2.24, 2.45) is 0 Å². The summed E-state index contributed by atoms with van der Waals surface area (Å²) in [5.74, 6) is -0.149. The Morgan fingerprint density at radius 2 is 1.58 bits per heavy atom. The van der Waals surface area contributed by atoms with Gasteiger partial charge >= 0.3 is 12.9 Å². The van der Waals surface area contributed by atoms with Gasteiger partial charge in [-0.25, -0.2) is 9.36 Å². The van der Waals surface area contributed by atoms with Crippen molar-refractivity contribution in [3.63, 3.8) is 0 Å². The molecule has 4 rings (SSSR count). The van der Waals surface area contributed by atoms with E-state index in [0.29, 0.717) is 6.42 Å². The molecule has 0 amide bonds. The largest absolute Gasteiger partial charge is 0.461 e. The first-order valence-corrected chi connectivity index (χ1v) is 13.6. The second-order valence-electron chi connectivity index (χ2n) is 8.08. The summed E-state index contributed by atoms with van der Waals surface area (Å²) in [7, 11) is 0. The Morgan fingerprint density at radius 1 is 0.970 bits per heavy atom. The van der Waals surface area contributed by atoms with E-state index in [-0.39, 0.29) is 12.1 Å². The molecule has 1 fully saturated rings. The number of benzene rings is 3. The van der Waals surface area contributed by atoms with Crippen molar-refractivity contribution in [1.82, 2.24) is 0 Å². The van der Waals surface area contributed by atoms with Crippen LogP contribution in [0, 0.1) is 0 Å². The van der Waals surface area contributed by atoms with Crippen molar-refractivity contribution in [3.05, 3.63) is 78.4 Å². The van der Waals surface area contributed by atoms with Gasteiger partial charge in [-0.05, 0) is 42.7 Å². The maximum Gasteiger partial charge on any atom is 0.419 e. The zero-order chi connectivity index (χ0) is 23.7. The number of anilines is 1. The maximum absolute atomic E-state index is 13.1. The van der Waals surface area contributed by atoms with E-state index < -0.39 is 13.0 Å². The highest BCUT2D eigenvalue weighted by atomic mass is 35.7. The summed E-state index contributed by atoms with van der Waals surface area (Å²) in [6, 6.07) is 24.1. The van der Waals surface area contributed by atoms with Gasteiger partial charge in [-0.15, -0.1) is 0 Å². The summed E-state index contributed by atoms with van der Waals surface area (Å²) in [6.45, 7) is -4.17. The number of carbonyl (C=O) groups excluding carboxylic acids is 1. The summed E-state index contributed by atoms with van der Waals surface area (Å²) in [5, 5.41) is 5.76. The van der Waals surface area contributed by atoms with Crippen LogP contribution in [0.15, 0.2) is 72.8 Å². The highest BCUT2D eigenvalue weighted by molar-refractivity contribution is 7.79. The molecule has 176 valence electrons. The molecule has 0 radical (unpaired) electrons. The van der Waals surface area contributed by atoms with Crippen LogP contribution in [0.25, 0.3) is 10.8 Å². The number of fused-ring (bicyclic) bond motifs is 1. The second-order valence-corrected chi connectivity index (χ2v) is 10.4. The summed E-state index contributed by atoms with van der Waals surface area (Å²) in [4.78, 5) is 27.9. The standard InChI is InChI=1S/C25H27NO2.ClH2O3P/c27-25(28-21-14-5-2-6-15-21)24(18-19-10-3-1-4-11-19)26-23-17-9-13-20-12-7-8-16-22(20)23;1-5(2,3)4/h1,3-4,7-13,16-17,21,24,26H,2,5-6,14-15,18H2;(H2,2,3,4)/t24-;/m0./s1. The fourth-order valence-electron chi connectivity index (χ4n) is 4.01. The van der Waals surface area contributed by atoms with Crippen molar-refractivity contribution in [3.8, 4) is 0 Å². The summed E-state index contributed by atoms with van der Waals surface area (Å²) >= 11 is 4.20. The second kappa shape index (κ2) is 12.2. The van der Waals surface area contributed by atoms with Crippen LogP contribution in [-0.2, 0) is 20.5 Å². The van der Waals surface area contributed by atoms with Crippen LogP contribution in [0.3, 0.4) is 0 Å². The Hall–Kier alpha value is -2.37. The third-order valence-corrected chi connectivity index (χ3v) is 5.52. The van der Waals surface area contributed by atoms with Crippen molar-refractivity contribution in [1.29, 1.82) is 0 Å². The number of rotatable bonds is 6. The van der Waals surface area contributed by atoms with Gasteiger partial charge in [0.2, 0.25) is 0 Å². The Labute approximate surface area is 198 Å². The van der Waals surface area contributed by atoms with E-state index in [4.69, 9.17) is 19.1 Å². The molecule has 1 aliphatic carbocycles. The van der Waals surface area contributed by atoms with Crippen molar-refractivity contribution >= 4 is 40.6 Å². The average Bonchev–Trinajstić information content (AvgIpc) is 2.79. The summed E-state index contributed by atoms with van der Waals surface area (Å²) in [6.07, 6.45) is 6.19. The molecule has 0 aromatic heterocycles. The molecule has 33 heavy (non-hydrogen) atoms. The van der Waals surface area contributed by atoms with E-state index >= 15 is 0 Å². The van der Waals surface area contributed by atoms with Gasteiger partial charge in [0.25, 0.3) is 0 Å². The topological polar surface area (TPSA) is 95.9 Å². The average molecular weight is 490 g/mol. The van der Waals surface area contributed by atoms with Gasteiger partial charge in [0.15, 0.2) is 0 Å². The number of nitrogens with one attached hydrogen (secondary N) is 1. The van der Waals surface area contributed by atoms with E-state index in [2.05, 4.69) is 46.9 Å². The minimum atomic E-state index is -4.17. The Balaban J connectivity index is 0.000000555. The Morgan fingerprint density at radius 3 is 2.27 bits per heavy atom. The van der Waals surface area contributed by atoms with Gasteiger partial charge in [0.1, 0.15) is 12.1 Å². The summed E-state index contributed by atoms with van der Waals surface area (Å²) in [5.41, 5.74) is 2.10. The minimum absolute atomic E-state index is 0.0637. The third-order valence-electron chi connectivity index (χ3n) is 5.52. The first-order chi connectivity index (χ1) is 15.8. The Kier molecular flexibility index (Phi) is 9.33. The first-order valence-electron chi connectivity index (χ1n) is 11.0. The van der Waals surface area contributed by atoms with Crippen molar-refractivity contribution in [2.45, 2.75) is 50.7 Å². The van der Waals surface area contributed by atoms with Gasteiger partial charge in [0, 0.05) is 28.7 Å². The molecule has 1 saturated carbocycles. The molecule has 1 atom stereocenters. The molecule has 3 aromatic rings. The van der Waals surface area contributed by atoms with Crippen LogP contribution < -0.4 is 5.32 Å². The monoisotopic (exact) mass is 489 g/mol. The first kappa shape index (κ1) is 25.3. The van der Waals surface area contributed by atoms with Gasteiger partial charge in [0.05, 0.1) is 0 Å². The predicted molar refractivity (Wildman–Crippen MR) is 132 cm³/mol. The van der Waals surface area contributed by atoms with Gasteiger partial charge < -0.3 is 19.8 Å². The molecule has 1 aliphatic rings. The van der Waals surface area contributed by atoms with Crippen LogP contribution in [0.5, 0.6) is 0 Å². The van der Waals surface area contributed by atoms with E-state index in [1.54, 1.807) is 0 Å². The maximum atomic E-state index is 13.1. The minimum Gasteiger partial charge on any atom is -0.461 e. The molecule has 0 heterocycles. The SMILES string of the molecule is O=C(OC1CCCCC1)[C@H](Cc1ccccc1)Nc1cccc2ccccc12.O=P(O)(O)Cl. The lowest BCUT2D eigenvalue weighted by Gasteiger charge is -2.26. The van der Waals surface area contributed by atoms with Crippen molar-refractivity contribution < 1.29 is 23.9 Å². The lowest BCUT2D eigenvalue weighted by molar-refractivity contribution is -0.151. The molecule has 0 bridgehead atoms. The molecule has 3 aromatic carbocycles. The predicted octanol–water partition coefficient (Wildman–Crippen LogP) is 6.06. The number of carbonyl (C=O) groups is 1.